The second-order valence-corrected chi connectivity index (χ2v) is 12.1. The van der Waals surface area contributed by atoms with Crippen LogP contribution in [-0.2, 0) is 19.6 Å². The van der Waals surface area contributed by atoms with Crippen molar-refractivity contribution in [1.29, 1.82) is 0 Å². The summed E-state index contributed by atoms with van der Waals surface area (Å²) in [6.07, 6.45) is 0. The normalized spacial score (nSPS) is 21.4. The van der Waals surface area contributed by atoms with Crippen LogP contribution >= 0.6 is 39.0 Å². The summed E-state index contributed by atoms with van der Waals surface area (Å²) in [4.78, 5) is 41.5. The molecule has 3 atom stereocenters. The van der Waals surface area contributed by atoms with Gasteiger partial charge in [-0.05, 0) is 42.5 Å². The number of nitrogens with two attached hydrogens (primary N) is 1. The van der Waals surface area contributed by atoms with Crippen molar-refractivity contribution >= 4 is 66.6 Å². The van der Waals surface area contributed by atoms with Gasteiger partial charge in [0.05, 0.1) is 15.8 Å². The van der Waals surface area contributed by atoms with Crippen molar-refractivity contribution in [2.45, 2.75) is 21.1 Å². The zero-order valence-electron chi connectivity index (χ0n) is 16.4. The van der Waals surface area contributed by atoms with E-state index in [2.05, 4.69) is 26.2 Å². The number of carbonyl (C=O) groups is 2. The first kappa shape index (κ1) is 22.3. The molecule has 0 saturated heterocycles. The number of hydrogen-bond acceptors (Lipinski definition) is 8. The molecule has 2 aliphatic heterocycles. The van der Waals surface area contributed by atoms with Crippen molar-refractivity contribution in [3.05, 3.63) is 67.0 Å². The van der Waals surface area contributed by atoms with E-state index in [-0.39, 0.29) is 9.77 Å². The van der Waals surface area contributed by atoms with Gasteiger partial charge in [0.1, 0.15) is 11.0 Å². The van der Waals surface area contributed by atoms with Crippen molar-refractivity contribution in [2.24, 2.45) is 11.1 Å². The average molecular weight is 568 g/mol. The average Bonchev–Trinajstić information content (AvgIpc) is 3.13. The van der Waals surface area contributed by atoms with Crippen LogP contribution in [0.25, 0.3) is 0 Å². The van der Waals surface area contributed by atoms with Gasteiger partial charge in [0, 0.05) is 26.5 Å². The molecule has 1 aromatic heterocycles. The number of aromatic amines is 1. The van der Waals surface area contributed by atoms with E-state index in [0.717, 1.165) is 27.6 Å². The summed E-state index contributed by atoms with van der Waals surface area (Å²) < 4.78 is 29.2. The number of benzene rings is 2. The zero-order valence-corrected chi connectivity index (χ0v) is 20.4. The highest BCUT2D eigenvalue weighted by Crippen LogP contribution is 2.54. The van der Waals surface area contributed by atoms with Gasteiger partial charge in [-0.15, -0.1) is 0 Å². The first-order valence-corrected chi connectivity index (χ1v) is 13.5. The van der Waals surface area contributed by atoms with E-state index in [1.54, 1.807) is 12.1 Å². The Hall–Kier alpha value is -2.45. The Morgan fingerprint density at radius 2 is 1.88 bits per heavy atom. The molecule has 2 aliphatic rings. The van der Waals surface area contributed by atoms with Gasteiger partial charge < -0.3 is 15.0 Å². The fourth-order valence-electron chi connectivity index (χ4n) is 3.94. The third kappa shape index (κ3) is 4.04. The van der Waals surface area contributed by atoms with Crippen molar-refractivity contribution in [3.63, 3.8) is 0 Å². The molecular formula is C20H14BrN3O6S3. The van der Waals surface area contributed by atoms with Crippen LogP contribution in [0.5, 0.6) is 5.75 Å². The molecule has 0 spiro atoms. The van der Waals surface area contributed by atoms with E-state index in [4.69, 9.17) is 9.88 Å². The van der Waals surface area contributed by atoms with E-state index >= 15 is 0 Å². The molecule has 0 unspecified atom stereocenters. The second kappa shape index (κ2) is 8.09. The number of hydrogen-bond donors (Lipinski definition) is 3. The number of amides is 1. The van der Waals surface area contributed by atoms with E-state index in [1.807, 2.05) is 6.07 Å². The van der Waals surface area contributed by atoms with Gasteiger partial charge in [0.25, 0.3) is 0 Å². The Balaban J connectivity index is 1.53. The number of primary sulfonamides is 1. The molecule has 170 valence electrons. The molecule has 9 nitrogen and oxygen atoms in total. The number of carbonyl (C=O) groups excluding carboxylic acids is 2. The highest BCUT2D eigenvalue weighted by molar-refractivity contribution is 9.10. The lowest BCUT2D eigenvalue weighted by Crippen LogP contribution is -2.46. The smallest absolute Gasteiger partial charge is 0.317 e. The lowest BCUT2D eigenvalue weighted by molar-refractivity contribution is -0.142. The molecule has 1 amide bonds. The number of anilines is 1. The fourth-order valence-corrected chi connectivity index (χ4v) is 7.30. The van der Waals surface area contributed by atoms with E-state index in [9.17, 15) is 22.8 Å². The fraction of sp³-hybridized carbons (Fsp3) is 0.150. The highest BCUT2D eigenvalue weighted by atomic mass is 79.9. The molecular weight excluding hydrogens is 554 g/mol. The van der Waals surface area contributed by atoms with Gasteiger partial charge in [0.15, 0.2) is 0 Å². The van der Waals surface area contributed by atoms with Crippen LogP contribution in [0.15, 0.2) is 61.7 Å². The Morgan fingerprint density at radius 1 is 1.15 bits per heavy atom. The molecule has 13 heteroatoms. The first-order valence-electron chi connectivity index (χ1n) is 9.46. The maximum atomic E-state index is 13.3. The SMILES string of the molecule is NS(=O)(=O)c1ccc(NC(=O)[C@H]2Sc3[nH]c(=O)sc3[C@@H]3c4cc(Br)ccc4OC(=O)[C@@H]32)cc1. The monoisotopic (exact) mass is 567 g/mol. The number of thiazole rings is 1. The lowest BCUT2D eigenvalue weighted by Gasteiger charge is -2.38. The van der Waals surface area contributed by atoms with Gasteiger partial charge in [0.2, 0.25) is 15.9 Å². The number of thioether (sulfide) groups is 1. The molecule has 33 heavy (non-hydrogen) atoms. The van der Waals surface area contributed by atoms with Crippen molar-refractivity contribution in [3.8, 4) is 5.75 Å². The maximum Gasteiger partial charge on any atom is 0.317 e. The van der Waals surface area contributed by atoms with Crippen molar-refractivity contribution in [2.75, 3.05) is 5.32 Å². The number of fused-ring (bicyclic) bond motifs is 5. The Kier molecular flexibility index (Phi) is 5.48. The summed E-state index contributed by atoms with van der Waals surface area (Å²) in [5, 5.41) is 7.47. The predicted molar refractivity (Wildman–Crippen MR) is 126 cm³/mol. The van der Waals surface area contributed by atoms with Crippen LogP contribution in [0.3, 0.4) is 0 Å². The molecule has 3 aromatic rings. The number of nitrogens with one attached hydrogen (secondary N) is 2. The van der Waals surface area contributed by atoms with Crippen LogP contribution in [0.4, 0.5) is 5.69 Å². The number of H-pyrrole nitrogens is 1. The van der Waals surface area contributed by atoms with Crippen LogP contribution in [0.1, 0.15) is 16.4 Å². The summed E-state index contributed by atoms with van der Waals surface area (Å²) in [6.45, 7) is 0. The van der Waals surface area contributed by atoms with Gasteiger partial charge >= 0.3 is 10.8 Å². The summed E-state index contributed by atoms with van der Waals surface area (Å²) >= 11 is 5.54. The minimum atomic E-state index is -3.87. The van der Waals surface area contributed by atoms with Crippen molar-refractivity contribution in [1.82, 2.24) is 4.98 Å². The van der Waals surface area contributed by atoms with E-state index in [0.29, 0.717) is 26.9 Å². The van der Waals surface area contributed by atoms with E-state index in [1.165, 1.54) is 24.3 Å². The van der Waals surface area contributed by atoms with Crippen LogP contribution in [-0.4, -0.2) is 30.5 Å². The van der Waals surface area contributed by atoms with Gasteiger partial charge in [-0.2, -0.15) is 0 Å². The predicted octanol–water partition coefficient (Wildman–Crippen LogP) is 2.63. The summed E-state index contributed by atoms with van der Waals surface area (Å²) in [6, 6.07) is 10.6. The van der Waals surface area contributed by atoms with Crippen LogP contribution < -0.4 is 20.1 Å². The van der Waals surface area contributed by atoms with Gasteiger partial charge in [-0.3, -0.25) is 14.4 Å². The molecule has 0 aliphatic carbocycles. The second-order valence-electron chi connectivity index (χ2n) is 7.41. The Bertz CT molecular complexity index is 1460. The third-order valence-corrected chi connectivity index (χ3v) is 9.19. The molecule has 0 fully saturated rings. The molecule has 0 radical (unpaired) electrons. The zero-order chi connectivity index (χ0) is 23.5. The summed E-state index contributed by atoms with van der Waals surface area (Å²) in [5.41, 5.74) is 1.04. The molecule has 2 aromatic carbocycles. The molecule has 0 saturated carbocycles. The van der Waals surface area contributed by atoms with Crippen LogP contribution in [0, 0.1) is 5.92 Å². The molecule has 0 bridgehead atoms. The Labute approximate surface area is 203 Å². The van der Waals surface area contributed by atoms with E-state index < -0.39 is 39.0 Å². The number of rotatable bonds is 3. The van der Waals surface area contributed by atoms with Gasteiger partial charge in [-0.25, -0.2) is 13.6 Å². The number of ether oxygens (including phenoxy) is 1. The molecule has 3 heterocycles. The number of aromatic nitrogens is 1. The maximum absolute atomic E-state index is 13.3. The number of halogens is 1. The summed E-state index contributed by atoms with van der Waals surface area (Å²) in [7, 11) is -3.87. The van der Waals surface area contributed by atoms with Crippen molar-refractivity contribution < 1.29 is 22.7 Å². The third-order valence-electron chi connectivity index (χ3n) is 5.35. The first-order chi connectivity index (χ1) is 15.6. The molecule has 4 N–H and O–H groups in total. The lowest BCUT2D eigenvalue weighted by atomic mass is 9.80. The molecule has 5 rings (SSSR count). The topological polar surface area (TPSA) is 148 Å². The minimum absolute atomic E-state index is 0.0915. The standard InChI is InChI=1S/C20H14BrN3O6S3/c21-8-1-6-12-11(7-8)13-14(19(26)30-12)15(31-18-16(13)32-20(27)24-18)17(25)23-9-2-4-10(5-3-9)33(22,28)29/h1-7,13-15H,(H,23,25)(H,24,27)(H2,22,28,29)/t13-,14+,15+/m1/s1. The Morgan fingerprint density at radius 3 is 2.58 bits per heavy atom. The largest absolute Gasteiger partial charge is 0.426 e. The quantitative estimate of drug-likeness (QED) is 0.325. The minimum Gasteiger partial charge on any atom is -0.426 e. The number of esters is 1. The highest BCUT2D eigenvalue weighted by Gasteiger charge is 2.51. The number of sulfonamides is 1. The van der Waals surface area contributed by atoms with Gasteiger partial charge in [-0.1, -0.05) is 39.0 Å². The summed E-state index contributed by atoms with van der Waals surface area (Å²) in [5.74, 6) is -2.04. The van der Waals surface area contributed by atoms with Crippen LogP contribution in [0.2, 0.25) is 0 Å².